The van der Waals surface area contributed by atoms with Crippen molar-refractivity contribution in [2.45, 2.75) is 308 Å². The second-order valence-electron chi connectivity index (χ2n) is 33.6. The normalized spacial score (nSPS) is 41.4. The van der Waals surface area contributed by atoms with E-state index < -0.39 is 5.79 Å². The molecule has 16 aliphatic rings. The van der Waals surface area contributed by atoms with E-state index in [1.807, 2.05) is 18.7 Å². The van der Waals surface area contributed by atoms with E-state index in [1.165, 1.54) is 29.7 Å². The minimum absolute atomic E-state index is 0. The number of ketones is 4. The Bertz CT molecular complexity index is 2970. The molecule has 4 spiro atoms. The summed E-state index contributed by atoms with van der Waals surface area (Å²) >= 11 is 0. The molecule has 14 atom stereocenters. The smallest absolute Gasteiger partial charge is 0.168 e. The number of aliphatic hydroxyl groups excluding tert-OH is 4. The Morgan fingerprint density at radius 3 is 1.49 bits per heavy atom. The van der Waals surface area contributed by atoms with Crippen LogP contribution in [0.4, 0.5) is 0 Å². The number of aryl methyl sites for hydroxylation is 2. The highest BCUT2D eigenvalue weighted by Crippen LogP contribution is 2.59. The molecule has 96 heavy (non-hydrogen) atoms. The molecular weight excluding hydrogens is 1220 g/mol. The van der Waals surface area contributed by atoms with Crippen LogP contribution in [0.15, 0.2) is 29.7 Å². The topological polar surface area (TPSA) is 241 Å². The van der Waals surface area contributed by atoms with Gasteiger partial charge in [0.2, 0.25) is 0 Å². The molecule has 0 bridgehead atoms. The van der Waals surface area contributed by atoms with Gasteiger partial charge in [-0.15, -0.1) is 0 Å². The summed E-state index contributed by atoms with van der Waals surface area (Å²) in [4.78, 5) is 47.0. The van der Waals surface area contributed by atoms with Crippen LogP contribution in [0.1, 0.15) is 266 Å². The van der Waals surface area contributed by atoms with Gasteiger partial charge in [0.05, 0.1) is 83.1 Å². The molecule has 0 amide bonds. The number of carbonyl (C=O) groups excluding carboxylic acids is 4. The van der Waals surface area contributed by atoms with Gasteiger partial charge in [0, 0.05) is 118 Å². The lowest BCUT2D eigenvalue weighted by atomic mass is 9.57. The highest BCUT2D eigenvalue weighted by Gasteiger charge is 2.59. The number of nitrogens with zero attached hydrogens (tertiary/aromatic N) is 2. The Labute approximate surface area is 573 Å². The number of rotatable bonds is 0. The molecule has 14 fully saturated rings. The molecule has 18 nitrogen and oxygen atoms in total. The van der Waals surface area contributed by atoms with Crippen LogP contribution in [0.3, 0.4) is 0 Å². The molecule has 5 heterocycles. The van der Waals surface area contributed by atoms with E-state index in [4.69, 9.17) is 48.1 Å². The standard InChI is InChI=1S/C15H22N2O2.C14H20O4.C13H22O3.C13H20O3.C11H18O2.C11H16O2.CH4/c1-14-5-6-15(18-7-8-19-15)9-12(14)4-3-11-10-17(2)16-13(11)14;1-13-4-5-14(17-6-7-18-14)8-11(13)3-2-10(9-15)12(13)16;2*1-12-5-6-13(15-7-8-16-13)9-10(12)3-2-4-11(12)14;2*1-11-6-5-9(12)7-8(11)3-2-4-10(11)13;/h10,12H,3-9H2,1-2H3;9,11,15H,2-8H2,1H3;10-11,14H,2-9H2,1H3;10H,2-9H2,1H3;8,10,13H,2-7H2,1H3;7,10,13H,2-6H2,1H3;1H4/b;10-9+;;;;;/t12-,14-;11-,13-;10-,11-,12-;10-,12-;8-,10-,11-;10-,11-;/m000000./s1. The summed E-state index contributed by atoms with van der Waals surface area (Å²) in [6.45, 7) is 18.9. The van der Waals surface area contributed by atoms with Crippen LogP contribution in [0.5, 0.6) is 0 Å². The van der Waals surface area contributed by atoms with Crippen LogP contribution < -0.4 is 0 Å². The highest BCUT2D eigenvalue weighted by molar-refractivity contribution is 6.00. The number of Topliss-reactive ketones (excluding diaryl/α,β-unsaturated/α-hetero) is 3. The SMILES string of the molecule is C.C[C@]12CCC(=O)C=C1CCC[C@@H]2O.C[C@]12CCC(=O)C[C@@H]1CCC[C@@H]2O.C[C@]12CCC3(C[C@@H]1CC/C(=C\O)C2=O)OCCO3.C[C@]12CCC3(C[C@@H]1CCCC2=O)OCCO3.C[C@]12CCC3(C[C@@H]1CCC[C@@H]2O)OCCO3.Cn1cc2c(n1)[C@@]1(C)CCC3(C[C@@H]1CC2)OCCO3. The number of hydrogen-bond donors (Lipinski definition) is 4. The number of ether oxygens (including phenoxy) is 8. The molecule has 0 radical (unpaired) electrons. The first-order chi connectivity index (χ1) is 45.3. The van der Waals surface area contributed by atoms with Crippen LogP contribution in [0.2, 0.25) is 0 Å². The molecule has 4 aliphatic heterocycles. The minimum Gasteiger partial charge on any atom is -0.515 e. The van der Waals surface area contributed by atoms with Crippen LogP contribution in [-0.4, -0.2) is 148 Å². The molecule has 4 saturated heterocycles. The Balaban J connectivity index is 0.000000117. The third kappa shape index (κ3) is 14.5. The van der Waals surface area contributed by atoms with Crippen molar-refractivity contribution in [1.82, 2.24) is 9.78 Å². The predicted octanol–water partition coefficient (Wildman–Crippen LogP) is 13.2. The van der Waals surface area contributed by atoms with Crippen molar-refractivity contribution in [3.05, 3.63) is 40.9 Å². The zero-order valence-electron chi connectivity index (χ0n) is 58.9. The van der Waals surface area contributed by atoms with E-state index in [-0.39, 0.29) is 87.2 Å². The molecule has 4 N–H and O–H groups in total. The number of carbonyl (C=O) groups is 4. The third-order valence-electron chi connectivity index (χ3n) is 28.3. The molecule has 1 aromatic heterocycles. The van der Waals surface area contributed by atoms with Gasteiger partial charge < -0.3 is 58.3 Å². The largest absolute Gasteiger partial charge is 0.515 e. The summed E-state index contributed by atoms with van der Waals surface area (Å²) in [7, 11) is 2.03. The molecular formula is C78H122N2O16. The van der Waals surface area contributed by atoms with Gasteiger partial charge in [-0.25, -0.2) is 0 Å². The van der Waals surface area contributed by atoms with Gasteiger partial charge in [0.15, 0.2) is 34.7 Å². The highest BCUT2D eigenvalue weighted by atomic mass is 16.8. The van der Waals surface area contributed by atoms with Crippen molar-refractivity contribution in [1.29, 1.82) is 0 Å². The first-order valence-electron chi connectivity index (χ1n) is 37.6. The Morgan fingerprint density at radius 1 is 0.458 bits per heavy atom. The Kier molecular flexibility index (Phi) is 22.5. The van der Waals surface area contributed by atoms with Crippen molar-refractivity contribution in [3.63, 3.8) is 0 Å². The van der Waals surface area contributed by atoms with Gasteiger partial charge >= 0.3 is 0 Å². The van der Waals surface area contributed by atoms with Gasteiger partial charge in [-0.1, -0.05) is 67.4 Å². The van der Waals surface area contributed by atoms with E-state index in [2.05, 4.69) is 40.8 Å². The van der Waals surface area contributed by atoms with Gasteiger partial charge in [-0.05, 0) is 174 Å². The fourth-order valence-electron chi connectivity index (χ4n) is 21.2. The van der Waals surface area contributed by atoms with Crippen molar-refractivity contribution >= 4 is 23.1 Å². The van der Waals surface area contributed by atoms with Crippen LogP contribution in [-0.2, 0) is 76.0 Å². The first kappa shape index (κ1) is 73.9. The van der Waals surface area contributed by atoms with E-state index in [9.17, 15) is 34.5 Å². The molecule has 540 valence electrons. The number of fused-ring (bicyclic) bond motifs is 8. The summed E-state index contributed by atoms with van der Waals surface area (Å²) in [5, 5.41) is 43.9. The maximum absolute atomic E-state index is 12.4. The number of aliphatic hydroxyl groups is 4. The van der Waals surface area contributed by atoms with Crippen LogP contribution in [0.25, 0.3) is 0 Å². The third-order valence-corrected chi connectivity index (χ3v) is 28.3. The molecule has 10 saturated carbocycles. The number of allylic oxidation sites excluding steroid dienone is 2. The molecule has 17 rings (SSSR count). The van der Waals surface area contributed by atoms with Gasteiger partial charge in [0.25, 0.3) is 0 Å². The second-order valence-corrected chi connectivity index (χ2v) is 33.6. The summed E-state index contributed by atoms with van der Waals surface area (Å²) in [5.41, 5.74) is 4.41. The predicted molar refractivity (Wildman–Crippen MR) is 362 cm³/mol. The second kappa shape index (κ2) is 29.2. The van der Waals surface area contributed by atoms with Crippen molar-refractivity contribution < 1.29 is 77.5 Å². The van der Waals surface area contributed by atoms with Gasteiger partial charge in [0.1, 0.15) is 11.6 Å². The van der Waals surface area contributed by atoms with E-state index in [0.29, 0.717) is 85.6 Å². The molecule has 0 aromatic carbocycles. The van der Waals surface area contributed by atoms with Crippen molar-refractivity contribution in [3.8, 4) is 0 Å². The fourth-order valence-corrected chi connectivity index (χ4v) is 21.2. The quantitative estimate of drug-likeness (QED) is 0.139. The monoisotopic (exact) mass is 1340 g/mol. The first-order valence-corrected chi connectivity index (χ1v) is 37.6. The van der Waals surface area contributed by atoms with Crippen LogP contribution >= 0.6 is 0 Å². The zero-order valence-corrected chi connectivity index (χ0v) is 58.9. The van der Waals surface area contributed by atoms with Gasteiger partial charge in [-0.2, -0.15) is 5.10 Å². The molecule has 1 aromatic rings. The summed E-state index contributed by atoms with van der Waals surface area (Å²) < 4.78 is 48.5. The Morgan fingerprint density at radius 2 is 0.917 bits per heavy atom. The van der Waals surface area contributed by atoms with Gasteiger partial charge in [-0.3, -0.25) is 23.9 Å². The van der Waals surface area contributed by atoms with E-state index in [0.717, 1.165) is 219 Å². The average molecular weight is 1340 g/mol. The molecule has 18 heteroatoms. The zero-order chi connectivity index (χ0) is 67.3. The van der Waals surface area contributed by atoms with Crippen molar-refractivity contribution in [2.24, 2.45) is 63.7 Å². The van der Waals surface area contributed by atoms with Crippen LogP contribution in [0, 0.1) is 56.7 Å². The molecule has 12 aliphatic carbocycles. The fraction of sp³-hybridized carbons (Fsp3) is 0.859. The van der Waals surface area contributed by atoms with E-state index in [1.54, 1.807) is 6.08 Å². The lowest BCUT2D eigenvalue weighted by molar-refractivity contribution is -0.223. The number of hydrogen-bond acceptors (Lipinski definition) is 17. The maximum atomic E-state index is 12.4. The lowest BCUT2D eigenvalue weighted by Gasteiger charge is -2.52. The molecule has 0 unspecified atom stereocenters. The lowest BCUT2D eigenvalue weighted by Crippen LogP contribution is -2.51. The summed E-state index contributed by atoms with van der Waals surface area (Å²) in [5.74, 6) is 2.36. The van der Waals surface area contributed by atoms with Crippen molar-refractivity contribution in [2.75, 3.05) is 52.9 Å². The number of aromatic nitrogens is 2. The summed E-state index contributed by atoms with van der Waals surface area (Å²) in [6, 6.07) is 0. The maximum Gasteiger partial charge on any atom is 0.168 e. The average Bonchev–Trinajstić information content (AvgIpc) is 1.59. The Hall–Kier alpha value is -3.27. The summed E-state index contributed by atoms with van der Waals surface area (Å²) in [6.07, 6.45) is 35.9. The minimum atomic E-state index is -0.426. The van der Waals surface area contributed by atoms with E-state index >= 15 is 0 Å².